The fourth-order valence-corrected chi connectivity index (χ4v) is 5.31. The van der Waals surface area contributed by atoms with E-state index >= 15 is 0 Å². The first kappa shape index (κ1) is 21.5. The molecule has 0 radical (unpaired) electrons. The molecule has 7 heteroatoms. The van der Waals surface area contributed by atoms with Crippen molar-refractivity contribution in [2.45, 2.75) is 31.2 Å². The first-order valence-electron chi connectivity index (χ1n) is 9.69. The van der Waals surface area contributed by atoms with E-state index in [2.05, 4.69) is 4.90 Å². The predicted molar refractivity (Wildman–Crippen MR) is 114 cm³/mol. The van der Waals surface area contributed by atoms with Gasteiger partial charge in [-0.3, -0.25) is 14.0 Å². The maximum absolute atomic E-state index is 13.3. The largest absolute Gasteiger partial charge is 0.374 e. The molecule has 1 aliphatic heterocycles. The Morgan fingerprint density at radius 1 is 1.17 bits per heavy atom. The Balaban J connectivity index is 2.00. The number of carbonyl (C=O) groups excluding carboxylic acids is 1. The molecule has 0 fully saturated rings. The van der Waals surface area contributed by atoms with Gasteiger partial charge in [-0.15, -0.1) is 0 Å². The summed E-state index contributed by atoms with van der Waals surface area (Å²) in [5, 5.41) is 0. The molecular formula is C22H28N2O4S. The normalized spacial score (nSPS) is 17.6. The van der Waals surface area contributed by atoms with Crippen LogP contribution in [-0.2, 0) is 19.6 Å². The number of hydrogen-bond acceptors (Lipinski definition) is 5. The summed E-state index contributed by atoms with van der Waals surface area (Å²) < 4.78 is 33.4. The first-order chi connectivity index (χ1) is 13.7. The van der Waals surface area contributed by atoms with Gasteiger partial charge in [0.05, 0.1) is 16.6 Å². The van der Waals surface area contributed by atoms with Crippen molar-refractivity contribution in [3.8, 4) is 0 Å². The van der Waals surface area contributed by atoms with Gasteiger partial charge in [0, 0.05) is 20.2 Å². The van der Waals surface area contributed by atoms with Gasteiger partial charge in [-0.05, 0) is 56.1 Å². The second-order valence-corrected chi connectivity index (χ2v) is 9.50. The van der Waals surface area contributed by atoms with Crippen molar-refractivity contribution in [1.29, 1.82) is 0 Å². The third-order valence-corrected chi connectivity index (χ3v) is 7.05. The third-order valence-electron chi connectivity index (χ3n) is 5.22. The number of ether oxygens (including phenoxy) is 1. The zero-order valence-electron chi connectivity index (χ0n) is 17.4. The number of ketones is 1. The molecule has 0 saturated carbocycles. The lowest BCUT2D eigenvalue weighted by Crippen LogP contribution is -2.28. The molecule has 0 bridgehead atoms. The number of sulfonamides is 1. The standard InChI is InChI=1S/C22H28N2O4S/c1-16-10-11-19-21(14-16)29(26,27)24(4)20-9-6-5-8-18(20)22(19)23(3)12-7-13-28-15-17(2)25/h5-6,8-11,14,22H,7,12-13,15H2,1-4H3. The summed E-state index contributed by atoms with van der Waals surface area (Å²) in [4.78, 5) is 13.5. The van der Waals surface area contributed by atoms with Crippen LogP contribution in [0.25, 0.3) is 0 Å². The molecule has 0 spiro atoms. The van der Waals surface area contributed by atoms with Gasteiger partial charge in [-0.1, -0.05) is 30.3 Å². The van der Waals surface area contributed by atoms with Crippen molar-refractivity contribution in [1.82, 2.24) is 4.90 Å². The van der Waals surface area contributed by atoms with Crippen molar-refractivity contribution in [2.75, 3.05) is 38.2 Å². The molecule has 29 heavy (non-hydrogen) atoms. The van der Waals surface area contributed by atoms with Crippen LogP contribution >= 0.6 is 0 Å². The van der Waals surface area contributed by atoms with Crippen LogP contribution in [0.2, 0.25) is 0 Å². The highest BCUT2D eigenvalue weighted by Gasteiger charge is 2.36. The van der Waals surface area contributed by atoms with E-state index in [4.69, 9.17) is 4.74 Å². The summed E-state index contributed by atoms with van der Waals surface area (Å²) in [6.45, 7) is 4.72. The molecule has 1 atom stereocenters. The molecule has 0 saturated heterocycles. The molecule has 0 N–H and O–H groups in total. The molecule has 6 nitrogen and oxygen atoms in total. The molecular weight excluding hydrogens is 388 g/mol. The minimum Gasteiger partial charge on any atom is -0.374 e. The van der Waals surface area contributed by atoms with Crippen LogP contribution < -0.4 is 4.31 Å². The quantitative estimate of drug-likeness (QED) is 0.649. The molecule has 1 heterocycles. The van der Waals surface area contributed by atoms with Crippen molar-refractivity contribution in [3.63, 3.8) is 0 Å². The number of hydrogen-bond donors (Lipinski definition) is 0. The van der Waals surface area contributed by atoms with Crippen molar-refractivity contribution < 1.29 is 17.9 Å². The smallest absolute Gasteiger partial charge is 0.264 e. The van der Waals surface area contributed by atoms with Gasteiger partial charge >= 0.3 is 0 Å². The van der Waals surface area contributed by atoms with E-state index in [1.807, 2.05) is 50.4 Å². The van der Waals surface area contributed by atoms with E-state index in [1.165, 1.54) is 11.2 Å². The number of fused-ring (bicyclic) bond motifs is 2. The van der Waals surface area contributed by atoms with E-state index in [0.29, 0.717) is 23.7 Å². The van der Waals surface area contributed by atoms with Gasteiger partial charge in [0.15, 0.2) is 5.78 Å². The van der Waals surface area contributed by atoms with Gasteiger partial charge in [0.25, 0.3) is 10.0 Å². The molecule has 0 aliphatic carbocycles. The van der Waals surface area contributed by atoms with Crippen molar-refractivity contribution >= 4 is 21.5 Å². The summed E-state index contributed by atoms with van der Waals surface area (Å²) in [5.41, 5.74) is 3.32. The molecule has 0 aromatic heterocycles. The van der Waals surface area contributed by atoms with Crippen molar-refractivity contribution in [2.24, 2.45) is 0 Å². The number of Topliss-reactive ketones (excluding diaryl/α,β-unsaturated/α-hetero) is 1. The lowest BCUT2D eigenvalue weighted by atomic mass is 9.95. The van der Waals surface area contributed by atoms with Crippen LogP contribution in [-0.4, -0.2) is 53.0 Å². The van der Waals surface area contributed by atoms with Gasteiger partial charge in [0.1, 0.15) is 6.61 Å². The minimum absolute atomic E-state index is 0.00795. The number of para-hydroxylation sites is 1. The predicted octanol–water partition coefficient (Wildman–Crippen LogP) is 3.15. The summed E-state index contributed by atoms with van der Waals surface area (Å²) in [6, 6.07) is 13.1. The zero-order valence-corrected chi connectivity index (χ0v) is 18.2. The first-order valence-corrected chi connectivity index (χ1v) is 11.1. The van der Waals surface area contributed by atoms with Crippen molar-refractivity contribution in [3.05, 3.63) is 59.2 Å². The van der Waals surface area contributed by atoms with E-state index in [-0.39, 0.29) is 18.4 Å². The highest BCUT2D eigenvalue weighted by atomic mass is 32.2. The average Bonchev–Trinajstić information content (AvgIpc) is 2.74. The monoisotopic (exact) mass is 416 g/mol. The average molecular weight is 417 g/mol. The second kappa shape index (κ2) is 8.65. The van der Waals surface area contributed by atoms with Crippen LogP contribution in [0.4, 0.5) is 5.69 Å². The molecule has 2 aromatic rings. The second-order valence-electron chi connectivity index (χ2n) is 7.56. The lowest BCUT2D eigenvalue weighted by molar-refractivity contribution is -0.121. The number of nitrogens with zero attached hydrogens (tertiary/aromatic N) is 2. The molecule has 0 amide bonds. The van der Waals surface area contributed by atoms with Gasteiger partial charge in [-0.25, -0.2) is 8.42 Å². The number of rotatable bonds is 7. The van der Waals surface area contributed by atoms with E-state index < -0.39 is 10.0 Å². The van der Waals surface area contributed by atoms with Gasteiger partial charge in [-0.2, -0.15) is 0 Å². The van der Waals surface area contributed by atoms with Gasteiger partial charge in [0.2, 0.25) is 0 Å². The highest BCUT2D eigenvalue weighted by molar-refractivity contribution is 7.92. The fourth-order valence-electron chi connectivity index (χ4n) is 3.78. The Bertz CT molecular complexity index is 1000. The molecule has 1 aliphatic rings. The Labute approximate surface area is 173 Å². The summed E-state index contributed by atoms with van der Waals surface area (Å²) in [7, 11) is -0.0503. The lowest BCUT2D eigenvalue weighted by Gasteiger charge is -2.30. The number of anilines is 1. The minimum atomic E-state index is -3.65. The van der Waals surface area contributed by atoms with Crippen LogP contribution in [0, 0.1) is 6.92 Å². The molecule has 3 rings (SSSR count). The summed E-state index contributed by atoms with van der Waals surface area (Å²) >= 11 is 0. The van der Waals surface area contributed by atoms with E-state index in [0.717, 1.165) is 23.1 Å². The number of aryl methyl sites for hydroxylation is 1. The molecule has 156 valence electrons. The van der Waals surface area contributed by atoms with E-state index in [1.54, 1.807) is 13.1 Å². The zero-order chi connectivity index (χ0) is 21.2. The topological polar surface area (TPSA) is 66.9 Å². The maximum Gasteiger partial charge on any atom is 0.264 e. The summed E-state index contributed by atoms with van der Waals surface area (Å²) in [5.74, 6) is 0.00795. The Morgan fingerprint density at radius 3 is 2.62 bits per heavy atom. The molecule has 2 aromatic carbocycles. The highest BCUT2D eigenvalue weighted by Crippen LogP contribution is 2.42. The molecule has 1 unspecified atom stereocenters. The van der Waals surface area contributed by atoms with E-state index in [9.17, 15) is 13.2 Å². The number of benzene rings is 2. The van der Waals surface area contributed by atoms with Crippen LogP contribution in [0.5, 0.6) is 0 Å². The van der Waals surface area contributed by atoms with Crippen LogP contribution in [0.1, 0.15) is 36.1 Å². The van der Waals surface area contributed by atoms with Crippen LogP contribution in [0.15, 0.2) is 47.4 Å². The summed E-state index contributed by atoms with van der Waals surface area (Å²) in [6.07, 6.45) is 0.742. The Morgan fingerprint density at radius 2 is 1.90 bits per heavy atom. The Kier molecular flexibility index (Phi) is 6.41. The fraction of sp³-hybridized carbons (Fsp3) is 0.409. The number of carbonyl (C=O) groups is 1. The van der Waals surface area contributed by atoms with Gasteiger partial charge < -0.3 is 4.74 Å². The van der Waals surface area contributed by atoms with Crippen LogP contribution in [0.3, 0.4) is 0 Å². The third kappa shape index (κ3) is 4.37. The Hall–Kier alpha value is -2.22. The maximum atomic E-state index is 13.3. The SMILES string of the molecule is CC(=O)COCCCN(C)C1c2ccccc2N(C)S(=O)(=O)c2cc(C)ccc21.